The van der Waals surface area contributed by atoms with Crippen LogP contribution in [0.15, 0.2) is 42.6 Å². The van der Waals surface area contributed by atoms with Gasteiger partial charge >= 0.3 is 0 Å². The number of nitrogens with two attached hydrogens (primary N) is 1. The first-order valence-electron chi connectivity index (χ1n) is 6.97. The van der Waals surface area contributed by atoms with Gasteiger partial charge in [0.1, 0.15) is 0 Å². The van der Waals surface area contributed by atoms with Crippen molar-refractivity contribution in [1.82, 2.24) is 4.98 Å². The standard InChI is InChI=1S/C16H19N3O/c17-10-13(20)11-19-15-5-2-1-4-12(15)7-8-14-16(19)6-3-9-18-14/h1-6,9,13,20H,7-8,10-11,17H2. The lowest BCUT2D eigenvalue weighted by molar-refractivity contribution is 0.191. The molecule has 1 aromatic carbocycles. The minimum absolute atomic E-state index is 0.258. The first-order valence-corrected chi connectivity index (χ1v) is 6.97. The van der Waals surface area contributed by atoms with E-state index in [4.69, 9.17) is 5.73 Å². The zero-order valence-electron chi connectivity index (χ0n) is 11.4. The van der Waals surface area contributed by atoms with Crippen LogP contribution < -0.4 is 10.6 Å². The number of nitrogens with zero attached hydrogens (tertiary/aromatic N) is 2. The molecule has 4 heteroatoms. The van der Waals surface area contributed by atoms with Gasteiger partial charge in [-0.15, -0.1) is 0 Å². The fourth-order valence-corrected chi connectivity index (χ4v) is 2.72. The van der Waals surface area contributed by atoms with Crippen LogP contribution in [0.3, 0.4) is 0 Å². The molecule has 0 radical (unpaired) electrons. The Bertz CT molecular complexity index is 552. The maximum absolute atomic E-state index is 9.97. The number of rotatable bonds is 3. The molecule has 2 heterocycles. The van der Waals surface area contributed by atoms with Crippen LogP contribution >= 0.6 is 0 Å². The Balaban J connectivity index is 2.09. The molecule has 1 unspecified atom stereocenters. The third kappa shape index (κ3) is 2.40. The molecule has 2 aromatic rings. The highest BCUT2D eigenvalue weighted by Crippen LogP contribution is 2.34. The third-order valence-corrected chi connectivity index (χ3v) is 3.74. The van der Waals surface area contributed by atoms with Crippen molar-refractivity contribution in [3.8, 4) is 0 Å². The second-order valence-electron chi connectivity index (χ2n) is 5.10. The van der Waals surface area contributed by atoms with Crippen LogP contribution in [0, 0.1) is 0 Å². The first kappa shape index (κ1) is 13.1. The zero-order chi connectivity index (χ0) is 13.9. The minimum atomic E-state index is -0.547. The second kappa shape index (κ2) is 5.61. The number of β-amino-alcohol motifs (C(OH)–C–C–N with tert-alkyl or cyclic N) is 1. The fraction of sp³-hybridized carbons (Fsp3) is 0.312. The molecular weight excluding hydrogens is 250 g/mol. The van der Waals surface area contributed by atoms with E-state index in [2.05, 4.69) is 34.1 Å². The number of aliphatic hydroxyl groups is 1. The molecule has 1 aromatic heterocycles. The minimum Gasteiger partial charge on any atom is -0.390 e. The molecule has 3 rings (SSSR count). The molecule has 1 aliphatic rings. The van der Waals surface area contributed by atoms with Gasteiger partial charge in [-0.3, -0.25) is 4.98 Å². The number of benzene rings is 1. The average molecular weight is 269 g/mol. The van der Waals surface area contributed by atoms with Crippen LogP contribution in [0.2, 0.25) is 0 Å². The maximum atomic E-state index is 9.97. The smallest absolute Gasteiger partial charge is 0.0841 e. The average Bonchev–Trinajstić information content (AvgIpc) is 2.65. The van der Waals surface area contributed by atoms with Crippen molar-refractivity contribution in [1.29, 1.82) is 0 Å². The molecule has 4 nitrogen and oxygen atoms in total. The zero-order valence-corrected chi connectivity index (χ0v) is 11.4. The number of aromatic nitrogens is 1. The van der Waals surface area contributed by atoms with E-state index in [9.17, 15) is 5.11 Å². The van der Waals surface area contributed by atoms with Crippen molar-refractivity contribution < 1.29 is 5.11 Å². The summed E-state index contributed by atoms with van der Waals surface area (Å²) in [6, 6.07) is 12.3. The highest BCUT2D eigenvalue weighted by molar-refractivity contribution is 5.70. The van der Waals surface area contributed by atoms with Gasteiger partial charge in [0.25, 0.3) is 0 Å². The molecule has 0 saturated carbocycles. The molecule has 0 spiro atoms. The van der Waals surface area contributed by atoms with Crippen molar-refractivity contribution >= 4 is 11.4 Å². The Labute approximate surface area is 118 Å². The molecular formula is C16H19N3O. The number of hydrogen-bond donors (Lipinski definition) is 2. The summed E-state index contributed by atoms with van der Waals surface area (Å²) in [7, 11) is 0. The largest absolute Gasteiger partial charge is 0.390 e. The van der Waals surface area contributed by atoms with Gasteiger partial charge in [-0.25, -0.2) is 0 Å². The van der Waals surface area contributed by atoms with E-state index in [1.54, 1.807) is 0 Å². The first-order chi connectivity index (χ1) is 9.79. The van der Waals surface area contributed by atoms with E-state index in [0.29, 0.717) is 6.54 Å². The van der Waals surface area contributed by atoms with Crippen molar-refractivity contribution in [3.05, 3.63) is 53.9 Å². The van der Waals surface area contributed by atoms with Crippen molar-refractivity contribution in [2.24, 2.45) is 5.73 Å². The predicted molar refractivity (Wildman–Crippen MR) is 80.2 cm³/mol. The quantitative estimate of drug-likeness (QED) is 0.889. The van der Waals surface area contributed by atoms with Crippen molar-refractivity contribution in [3.63, 3.8) is 0 Å². The fourth-order valence-electron chi connectivity index (χ4n) is 2.72. The number of hydrogen-bond acceptors (Lipinski definition) is 4. The number of anilines is 2. The Kier molecular flexibility index (Phi) is 3.67. The van der Waals surface area contributed by atoms with Gasteiger partial charge in [0.15, 0.2) is 0 Å². The summed E-state index contributed by atoms with van der Waals surface area (Å²) in [6.45, 7) is 0.750. The topological polar surface area (TPSA) is 62.4 Å². The molecule has 0 saturated heterocycles. The van der Waals surface area contributed by atoms with Crippen LogP contribution in [-0.4, -0.2) is 29.3 Å². The van der Waals surface area contributed by atoms with Crippen LogP contribution in [0.25, 0.3) is 0 Å². The van der Waals surface area contributed by atoms with Crippen molar-refractivity contribution in [2.45, 2.75) is 18.9 Å². The van der Waals surface area contributed by atoms with Gasteiger partial charge in [0.2, 0.25) is 0 Å². The summed E-state index contributed by atoms with van der Waals surface area (Å²) in [4.78, 5) is 6.63. The number of pyridine rings is 1. The normalized spacial score (nSPS) is 15.2. The summed E-state index contributed by atoms with van der Waals surface area (Å²) >= 11 is 0. The van der Waals surface area contributed by atoms with E-state index in [0.717, 1.165) is 29.9 Å². The van der Waals surface area contributed by atoms with Gasteiger partial charge in [0.05, 0.1) is 24.0 Å². The molecule has 1 aliphatic heterocycles. The summed E-state index contributed by atoms with van der Waals surface area (Å²) < 4.78 is 0. The lowest BCUT2D eigenvalue weighted by Gasteiger charge is -2.28. The van der Waals surface area contributed by atoms with E-state index in [1.807, 2.05) is 18.3 Å². The lowest BCUT2D eigenvalue weighted by atomic mass is 10.1. The molecule has 1 atom stereocenters. The van der Waals surface area contributed by atoms with E-state index < -0.39 is 6.10 Å². The van der Waals surface area contributed by atoms with Crippen LogP contribution in [-0.2, 0) is 12.8 Å². The highest BCUT2D eigenvalue weighted by Gasteiger charge is 2.22. The van der Waals surface area contributed by atoms with E-state index in [-0.39, 0.29) is 6.54 Å². The van der Waals surface area contributed by atoms with Gasteiger partial charge in [-0.2, -0.15) is 0 Å². The molecule has 0 amide bonds. The van der Waals surface area contributed by atoms with E-state index >= 15 is 0 Å². The highest BCUT2D eigenvalue weighted by atomic mass is 16.3. The lowest BCUT2D eigenvalue weighted by Crippen LogP contribution is -2.34. The monoisotopic (exact) mass is 269 g/mol. The number of aliphatic hydroxyl groups excluding tert-OH is 1. The number of para-hydroxylation sites is 1. The molecule has 0 aliphatic carbocycles. The van der Waals surface area contributed by atoms with Crippen LogP contribution in [0.4, 0.5) is 11.4 Å². The Morgan fingerprint density at radius 1 is 1.15 bits per heavy atom. The van der Waals surface area contributed by atoms with Gasteiger partial charge in [-0.1, -0.05) is 18.2 Å². The van der Waals surface area contributed by atoms with Crippen LogP contribution in [0.5, 0.6) is 0 Å². The molecule has 104 valence electrons. The number of fused-ring (bicyclic) bond motifs is 2. The number of aryl methyl sites for hydroxylation is 2. The van der Waals surface area contributed by atoms with E-state index in [1.165, 1.54) is 5.56 Å². The molecule has 3 N–H and O–H groups in total. The van der Waals surface area contributed by atoms with Gasteiger partial charge < -0.3 is 15.7 Å². The summed E-state index contributed by atoms with van der Waals surface area (Å²) in [5.74, 6) is 0. The maximum Gasteiger partial charge on any atom is 0.0841 e. The van der Waals surface area contributed by atoms with Crippen molar-refractivity contribution in [2.75, 3.05) is 18.0 Å². The third-order valence-electron chi connectivity index (χ3n) is 3.74. The summed E-state index contributed by atoms with van der Waals surface area (Å²) in [6.07, 6.45) is 3.17. The Morgan fingerprint density at radius 3 is 2.80 bits per heavy atom. The molecule has 0 bridgehead atoms. The van der Waals surface area contributed by atoms with Gasteiger partial charge in [-0.05, 0) is 36.6 Å². The predicted octanol–water partition coefficient (Wildman–Crippen LogP) is 1.64. The van der Waals surface area contributed by atoms with Crippen LogP contribution in [0.1, 0.15) is 11.3 Å². The molecule has 0 fully saturated rings. The summed E-state index contributed by atoms with van der Waals surface area (Å²) in [5, 5.41) is 9.97. The van der Waals surface area contributed by atoms with Gasteiger partial charge in [0, 0.05) is 18.4 Å². The second-order valence-corrected chi connectivity index (χ2v) is 5.10. The SMILES string of the molecule is NCC(O)CN1c2ccccc2CCc2ncccc21. The summed E-state index contributed by atoms with van der Waals surface area (Å²) in [5.41, 5.74) is 10.2. The molecule has 20 heavy (non-hydrogen) atoms. The Hall–Kier alpha value is -1.91. The Morgan fingerprint density at radius 2 is 1.95 bits per heavy atom.